The van der Waals surface area contributed by atoms with Gasteiger partial charge in [0.1, 0.15) is 5.75 Å². The highest BCUT2D eigenvalue weighted by Gasteiger charge is 2.10. The van der Waals surface area contributed by atoms with Crippen LogP contribution in [0.2, 0.25) is 0 Å². The smallest absolute Gasteiger partial charge is 0.119 e. The first-order chi connectivity index (χ1) is 12.2. The fourth-order valence-electron chi connectivity index (χ4n) is 2.41. The van der Waals surface area contributed by atoms with Crippen LogP contribution in [0.3, 0.4) is 0 Å². The van der Waals surface area contributed by atoms with E-state index in [0.29, 0.717) is 6.61 Å². The van der Waals surface area contributed by atoms with Gasteiger partial charge in [0.2, 0.25) is 0 Å². The summed E-state index contributed by atoms with van der Waals surface area (Å²) in [5, 5.41) is 7.29. The fraction of sp³-hybridized carbons (Fsp3) is 0.200. The summed E-state index contributed by atoms with van der Waals surface area (Å²) in [7, 11) is 0. The van der Waals surface area contributed by atoms with Gasteiger partial charge in [-0.1, -0.05) is 23.9 Å². The normalized spacial score (nSPS) is 11.2. The van der Waals surface area contributed by atoms with Gasteiger partial charge in [0.25, 0.3) is 0 Å². The SMILES string of the molecule is CCOc1ccc(C=Nc2ccccc2Sc2c(C)n[nH]c2C)cc1. The van der Waals surface area contributed by atoms with Crippen molar-refractivity contribution in [2.45, 2.75) is 30.6 Å². The summed E-state index contributed by atoms with van der Waals surface area (Å²) in [6.45, 7) is 6.70. The molecule has 1 aromatic heterocycles. The lowest BCUT2D eigenvalue weighted by atomic mass is 10.2. The van der Waals surface area contributed by atoms with Gasteiger partial charge in [0, 0.05) is 16.8 Å². The largest absolute Gasteiger partial charge is 0.494 e. The van der Waals surface area contributed by atoms with Crippen LogP contribution in [0, 0.1) is 13.8 Å². The maximum atomic E-state index is 5.47. The summed E-state index contributed by atoms with van der Waals surface area (Å²) in [5.74, 6) is 0.876. The molecule has 0 aliphatic rings. The highest BCUT2D eigenvalue weighted by molar-refractivity contribution is 7.99. The number of hydrogen-bond acceptors (Lipinski definition) is 4. The number of nitrogens with zero attached hydrogens (tertiary/aromatic N) is 2. The summed E-state index contributed by atoms with van der Waals surface area (Å²) in [4.78, 5) is 6.94. The summed E-state index contributed by atoms with van der Waals surface area (Å²) >= 11 is 1.69. The summed E-state index contributed by atoms with van der Waals surface area (Å²) in [5.41, 5.74) is 4.07. The number of nitrogens with one attached hydrogen (secondary N) is 1. The topological polar surface area (TPSA) is 50.3 Å². The Morgan fingerprint density at radius 3 is 2.56 bits per heavy atom. The van der Waals surface area contributed by atoms with Crippen molar-refractivity contribution in [1.29, 1.82) is 0 Å². The quantitative estimate of drug-likeness (QED) is 0.611. The van der Waals surface area contributed by atoms with Crippen molar-refractivity contribution in [2.24, 2.45) is 4.99 Å². The average Bonchev–Trinajstić information content (AvgIpc) is 2.94. The number of hydrogen-bond donors (Lipinski definition) is 1. The first kappa shape index (κ1) is 17.3. The summed E-state index contributed by atoms with van der Waals surface area (Å²) in [6, 6.07) is 16.1. The van der Waals surface area contributed by atoms with E-state index in [1.54, 1.807) is 11.8 Å². The molecular weight excluding hydrogens is 330 g/mol. The molecule has 128 valence electrons. The molecule has 0 saturated heterocycles. The van der Waals surface area contributed by atoms with Gasteiger partial charge in [-0.3, -0.25) is 10.1 Å². The van der Waals surface area contributed by atoms with Gasteiger partial charge in [-0.05, 0) is 62.7 Å². The Hall–Kier alpha value is -2.53. The molecule has 0 bridgehead atoms. The Labute approximate surface area is 152 Å². The van der Waals surface area contributed by atoms with Crippen molar-refractivity contribution < 1.29 is 4.74 Å². The molecule has 0 radical (unpaired) electrons. The molecular formula is C20H21N3OS. The van der Waals surface area contributed by atoms with Crippen molar-refractivity contribution >= 4 is 23.7 Å². The Bertz CT molecular complexity index is 849. The van der Waals surface area contributed by atoms with Crippen LogP contribution < -0.4 is 4.74 Å². The van der Waals surface area contributed by atoms with Gasteiger partial charge in [-0.25, -0.2) is 0 Å². The van der Waals surface area contributed by atoms with E-state index in [1.165, 1.54) is 0 Å². The minimum absolute atomic E-state index is 0.672. The predicted molar refractivity (Wildman–Crippen MR) is 103 cm³/mol. The molecule has 0 unspecified atom stereocenters. The average molecular weight is 351 g/mol. The Balaban J connectivity index is 1.81. The van der Waals surface area contributed by atoms with Gasteiger partial charge in [-0.2, -0.15) is 5.10 Å². The number of aryl methyl sites for hydroxylation is 2. The molecule has 0 aliphatic carbocycles. The molecule has 4 nitrogen and oxygen atoms in total. The van der Waals surface area contributed by atoms with E-state index in [-0.39, 0.29) is 0 Å². The van der Waals surface area contributed by atoms with Crippen LogP contribution in [0.5, 0.6) is 5.75 Å². The van der Waals surface area contributed by atoms with Crippen LogP contribution in [0.4, 0.5) is 5.69 Å². The zero-order chi connectivity index (χ0) is 17.6. The highest BCUT2D eigenvalue weighted by Crippen LogP contribution is 2.37. The maximum absolute atomic E-state index is 5.47. The summed E-state index contributed by atoms with van der Waals surface area (Å²) < 4.78 is 5.47. The van der Waals surface area contributed by atoms with Crippen LogP contribution in [-0.4, -0.2) is 23.0 Å². The van der Waals surface area contributed by atoms with Gasteiger partial charge < -0.3 is 4.74 Å². The highest BCUT2D eigenvalue weighted by atomic mass is 32.2. The lowest BCUT2D eigenvalue weighted by Crippen LogP contribution is -1.91. The molecule has 0 amide bonds. The van der Waals surface area contributed by atoms with Crippen LogP contribution in [0.15, 0.2) is 63.3 Å². The van der Waals surface area contributed by atoms with E-state index >= 15 is 0 Å². The van der Waals surface area contributed by atoms with E-state index in [9.17, 15) is 0 Å². The third-order valence-electron chi connectivity index (χ3n) is 3.68. The number of rotatable bonds is 6. The molecule has 0 atom stereocenters. The molecule has 1 heterocycles. The monoisotopic (exact) mass is 351 g/mol. The molecule has 0 saturated carbocycles. The number of para-hydroxylation sites is 1. The number of benzene rings is 2. The molecule has 1 N–H and O–H groups in total. The minimum Gasteiger partial charge on any atom is -0.494 e. The number of aliphatic imine (C=N–C) groups is 1. The van der Waals surface area contributed by atoms with E-state index in [0.717, 1.165) is 38.2 Å². The molecule has 0 spiro atoms. The standard InChI is InChI=1S/C20H21N3OS/c1-4-24-17-11-9-16(10-12-17)13-21-18-7-5-6-8-19(18)25-20-14(2)22-23-15(20)3/h5-13H,4H2,1-3H3,(H,22,23). The lowest BCUT2D eigenvalue weighted by Gasteiger charge is -2.06. The maximum Gasteiger partial charge on any atom is 0.119 e. The molecule has 0 fully saturated rings. The van der Waals surface area contributed by atoms with E-state index < -0.39 is 0 Å². The minimum atomic E-state index is 0.672. The molecule has 0 aliphatic heterocycles. The summed E-state index contributed by atoms with van der Waals surface area (Å²) in [6.07, 6.45) is 1.88. The Morgan fingerprint density at radius 1 is 1.12 bits per heavy atom. The fourth-order valence-corrected chi connectivity index (χ4v) is 3.40. The Kier molecular flexibility index (Phi) is 5.56. The van der Waals surface area contributed by atoms with Gasteiger partial charge in [0.05, 0.1) is 22.9 Å². The first-order valence-corrected chi connectivity index (χ1v) is 9.04. The molecule has 5 heteroatoms. The molecule has 25 heavy (non-hydrogen) atoms. The second kappa shape index (κ2) is 8.03. The molecule has 2 aromatic carbocycles. The third-order valence-corrected chi connectivity index (χ3v) is 5.05. The van der Waals surface area contributed by atoms with Crippen molar-refractivity contribution in [3.8, 4) is 5.75 Å². The van der Waals surface area contributed by atoms with Crippen molar-refractivity contribution in [3.63, 3.8) is 0 Å². The van der Waals surface area contributed by atoms with Gasteiger partial charge in [0.15, 0.2) is 0 Å². The number of aromatic nitrogens is 2. The predicted octanol–water partition coefficient (Wildman–Crippen LogP) is 5.33. The van der Waals surface area contributed by atoms with Crippen molar-refractivity contribution in [1.82, 2.24) is 10.2 Å². The van der Waals surface area contributed by atoms with Crippen LogP contribution in [-0.2, 0) is 0 Å². The van der Waals surface area contributed by atoms with Crippen molar-refractivity contribution in [3.05, 3.63) is 65.5 Å². The van der Waals surface area contributed by atoms with E-state index in [2.05, 4.69) is 21.3 Å². The molecule has 3 rings (SSSR count). The second-order valence-electron chi connectivity index (χ2n) is 5.59. The number of H-pyrrole nitrogens is 1. The van der Waals surface area contributed by atoms with Crippen LogP contribution in [0.25, 0.3) is 0 Å². The second-order valence-corrected chi connectivity index (χ2v) is 6.65. The van der Waals surface area contributed by atoms with E-state index in [1.807, 2.05) is 69.5 Å². The lowest BCUT2D eigenvalue weighted by molar-refractivity contribution is 0.340. The Morgan fingerprint density at radius 2 is 1.88 bits per heavy atom. The van der Waals surface area contributed by atoms with Gasteiger partial charge in [-0.15, -0.1) is 0 Å². The third kappa shape index (κ3) is 4.31. The number of aromatic amines is 1. The van der Waals surface area contributed by atoms with Gasteiger partial charge >= 0.3 is 0 Å². The van der Waals surface area contributed by atoms with Crippen LogP contribution >= 0.6 is 11.8 Å². The molecule has 3 aromatic rings. The first-order valence-electron chi connectivity index (χ1n) is 8.22. The zero-order valence-corrected chi connectivity index (χ0v) is 15.4. The zero-order valence-electron chi connectivity index (χ0n) is 14.6. The number of ether oxygens (including phenoxy) is 1. The van der Waals surface area contributed by atoms with Crippen molar-refractivity contribution in [2.75, 3.05) is 6.61 Å². The van der Waals surface area contributed by atoms with Crippen LogP contribution in [0.1, 0.15) is 23.9 Å². The van der Waals surface area contributed by atoms with E-state index in [4.69, 9.17) is 4.74 Å².